The number of hydrogen-bond donors (Lipinski definition) is 10. The van der Waals surface area contributed by atoms with E-state index < -0.39 is 120 Å². The van der Waals surface area contributed by atoms with Gasteiger partial charge in [0.1, 0.15) is 31.0 Å². The Balaban J connectivity index is 2.27. The summed E-state index contributed by atoms with van der Waals surface area (Å²) in [5.74, 6) is -4.54. The highest BCUT2D eigenvalue weighted by Gasteiger charge is 2.51. The normalized spacial score (nSPS) is 31.1. The molecule has 70 heavy (non-hydrogen) atoms. The van der Waals surface area contributed by atoms with Gasteiger partial charge in [0.15, 0.2) is 6.10 Å². The molecule has 1 unspecified atom stereocenters. The molecule has 1 aliphatic heterocycles. The van der Waals surface area contributed by atoms with Crippen molar-refractivity contribution in [3.05, 3.63) is 72.9 Å². The van der Waals surface area contributed by atoms with Crippen LogP contribution in [0.1, 0.15) is 136 Å². The van der Waals surface area contributed by atoms with Crippen molar-refractivity contribution < 1.29 is 92.2 Å². The molecule has 2 rings (SSSR count). The average Bonchev–Trinajstić information content (AvgIpc) is 3.30. The van der Waals surface area contributed by atoms with Gasteiger partial charge in [-0.15, -0.1) is 0 Å². The smallest absolute Gasteiger partial charge is 0.462 e. The highest BCUT2D eigenvalue weighted by Crippen LogP contribution is 2.50. The summed E-state index contributed by atoms with van der Waals surface area (Å²) in [6.45, 7) is 2.44. The summed E-state index contributed by atoms with van der Waals surface area (Å²) in [6.07, 6.45) is 11.0. The van der Waals surface area contributed by atoms with Gasteiger partial charge >= 0.3 is 27.6 Å². The SMILES string of the molecule is CC/C=C\C/C=C\C/C=C\C/C=C\CCCCCCC(=O)OC[C@@H]1COP(=O)(O)O[C@H]2[C@H](O)[C@@H](O)[C@H](O)[C@@H](CC=CCCCC(=O)O1)[C@@H](O)C[C@@H](O)[C@H](C=C[C@@H](O)CCCCC)[C@@H](O)[C@H]2OP(=O)(O)O. The average molecular weight is 1040 g/mol. The van der Waals surface area contributed by atoms with Crippen molar-refractivity contribution in [3.63, 3.8) is 0 Å². The van der Waals surface area contributed by atoms with Crippen LogP contribution < -0.4 is 0 Å². The quantitative estimate of drug-likeness (QED) is 0.0229. The lowest BCUT2D eigenvalue weighted by Gasteiger charge is -2.38. The second-order valence-electron chi connectivity index (χ2n) is 17.8. The van der Waals surface area contributed by atoms with E-state index >= 15 is 0 Å². The third-order valence-electron chi connectivity index (χ3n) is 11.8. The molecule has 0 amide bonds. The van der Waals surface area contributed by atoms with Gasteiger partial charge in [-0.05, 0) is 70.6 Å². The van der Waals surface area contributed by atoms with E-state index in [0.717, 1.165) is 70.3 Å². The molecule has 0 spiro atoms. The third-order valence-corrected chi connectivity index (χ3v) is 13.3. The highest BCUT2D eigenvalue weighted by atomic mass is 31.2. The molecule has 0 aromatic heterocycles. The van der Waals surface area contributed by atoms with Crippen molar-refractivity contribution >= 4 is 27.6 Å². The number of rotatable bonds is 24. The second-order valence-corrected chi connectivity index (χ2v) is 20.4. The van der Waals surface area contributed by atoms with Crippen LogP contribution >= 0.6 is 15.6 Å². The standard InChI is InChI=1S/C49H82O19P2/c1-3-5-7-8-9-10-11-12-13-14-15-16-17-18-19-20-25-29-42(53)64-34-37-35-65-70(62,63)68-49-47(58)46(57)44(55)38(28-24-21-22-26-30-43(54)66-37)40(51)33-41(52)39(32-31-36(50)27-23-6-4-2)45(56)48(49)67-69(59,60)61/h5,7,9-10,12-13,15-16,21,24,31-32,36-41,44-52,55-58H,3-4,6,8,11,14,17-20,22-23,25-30,33-35H2,1-2H3,(H,62,63)(H2,59,60,61)/b7-5-,10-9-,13-12-,16-15-,24-21?,32-31?/t36-,37+,38-,39-,40-,41+,44+,45+,46-,47+,48+,49-/m0/s1. The van der Waals surface area contributed by atoms with E-state index in [2.05, 4.69) is 55.5 Å². The van der Waals surface area contributed by atoms with Crippen LogP contribution in [0.4, 0.5) is 0 Å². The van der Waals surface area contributed by atoms with E-state index in [9.17, 15) is 69.1 Å². The van der Waals surface area contributed by atoms with E-state index in [4.69, 9.17) is 23.0 Å². The summed E-state index contributed by atoms with van der Waals surface area (Å²) in [4.78, 5) is 56.7. The number of cyclic esters (lactones) is 1. The largest absolute Gasteiger partial charge is 0.472 e. The summed E-state index contributed by atoms with van der Waals surface area (Å²) in [7, 11) is -11.5. The Hall–Kier alpha value is -2.68. The number of fused-ring (bicyclic) bond motifs is 4. The number of carbonyl (C=O) groups is 2. The Bertz CT molecular complexity index is 1750. The van der Waals surface area contributed by atoms with Gasteiger partial charge in [-0.25, -0.2) is 9.13 Å². The topological polar surface area (TPSA) is 317 Å². The van der Waals surface area contributed by atoms with Crippen LogP contribution in [0.2, 0.25) is 0 Å². The molecule has 402 valence electrons. The molecular formula is C49H82O19P2. The molecule has 21 heteroatoms. The number of aliphatic hydroxyl groups is 7. The zero-order chi connectivity index (χ0) is 52.0. The first-order valence-corrected chi connectivity index (χ1v) is 27.8. The first kappa shape index (κ1) is 63.4. The van der Waals surface area contributed by atoms with Crippen molar-refractivity contribution in [2.24, 2.45) is 11.8 Å². The predicted molar refractivity (Wildman–Crippen MR) is 261 cm³/mol. The molecule has 0 radical (unpaired) electrons. The number of allylic oxidation sites excluding steroid dienone is 10. The minimum atomic E-state index is -5.77. The lowest BCUT2D eigenvalue weighted by Crippen LogP contribution is -2.56. The van der Waals surface area contributed by atoms with Crippen LogP contribution in [-0.4, -0.2) is 137 Å². The van der Waals surface area contributed by atoms with Crippen LogP contribution in [-0.2, 0) is 41.8 Å². The van der Waals surface area contributed by atoms with Gasteiger partial charge in [-0.3, -0.25) is 23.2 Å². The maximum atomic E-state index is 13.7. The Morgan fingerprint density at radius 2 is 1.50 bits per heavy atom. The van der Waals surface area contributed by atoms with Gasteiger partial charge in [0, 0.05) is 31.1 Å². The summed E-state index contributed by atoms with van der Waals surface area (Å²) < 4.78 is 52.1. The van der Waals surface area contributed by atoms with Crippen molar-refractivity contribution in [2.45, 2.75) is 197 Å². The van der Waals surface area contributed by atoms with Crippen molar-refractivity contribution in [2.75, 3.05) is 13.2 Å². The Morgan fingerprint density at radius 1 is 0.843 bits per heavy atom. The van der Waals surface area contributed by atoms with Gasteiger partial charge < -0.3 is 59.9 Å². The number of ether oxygens (including phenoxy) is 2. The fourth-order valence-corrected chi connectivity index (χ4v) is 9.42. The van der Waals surface area contributed by atoms with E-state index in [1.165, 1.54) is 12.2 Å². The second kappa shape index (κ2) is 35.5. The van der Waals surface area contributed by atoms with Crippen molar-refractivity contribution in [1.29, 1.82) is 0 Å². The summed E-state index contributed by atoms with van der Waals surface area (Å²) >= 11 is 0. The van der Waals surface area contributed by atoms with Crippen LogP contribution in [0, 0.1) is 11.8 Å². The van der Waals surface area contributed by atoms with Crippen LogP contribution in [0.25, 0.3) is 0 Å². The molecule has 2 aliphatic rings. The van der Waals surface area contributed by atoms with Gasteiger partial charge in [0.05, 0.1) is 37.1 Å². The maximum Gasteiger partial charge on any atom is 0.472 e. The molecule has 0 aromatic carbocycles. The highest BCUT2D eigenvalue weighted by molar-refractivity contribution is 7.47. The Kier molecular flexibility index (Phi) is 32.1. The van der Waals surface area contributed by atoms with E-state index in [0.29, 0.717) is 12.8 Å². The van der Waals surface area contributed by atoms with Gasteiger partial charge in [0.25, 0.3) is 0 Å². The van der Waals surface area contributed by atoms with E-state index in [-0.39, 0.29) is 38.5 Å². The number of aliphatic hydroxyl groups excluding tert-OH is 7. The summed E-state index contributed by atoms with van der Waals surface area (Å²) in [5.41, 5.74) is 0. The van der Waals surface area contributed by atoms with E-state index in [1.54, 1.807) is 6.08 Å². The fraction of sp³-hybridized carbons (Fsp3) is 0.714. The van der Waals surface area contributed by atoms with Gasteiger partial charge in [-0.1, -0.05) is 119 Å². The minimum Gasteiger partial charge on any atom is -0.462 e. The Morgan fingerprint density at radius 3 is 2.16 bits per heavy atom. The molecule has 0 aromatic rings. The number of hydrogen-bond acceptors (Lipinski definition) is 16. The van der Waals surface area contributed by atoms with Crippen LogP contribution in [0.5, 0.6) is 0 Å². The molecule has 1 saturated carbocycles. The number of phosphoric acid groups is 2. The zero-order valence-electron chi connectivity index (χ0n) is 40.7. The molecule has 1 aliphatic carbocycles. The maximum absolute atomic E-state index is 13.7. The van der Waals surface area contributed by atoms with Crippen molar-refractivity contribution in [3.8, 4) is 0 Å². The number of esters is 2. The van der Waals surface area contributed by atoms with Crippen molar-refractivity contribution in [1.82, 2.24) is 0 Å². The van der Waals surface area contributed by atoms with Crippen LogP contribution in [0.15, 0.2) is 72.9 Å². The number of carbonyl (C=O) groups excluding carboxylic acids is 2. The molecule has 19 nitrogen and oxygen atoms in total. The Labute approximate surface area is 413 Å². The first-order chi connectivity index (χ1) is 33.3. The molecule has 10 N–H and O–H groups in total. The minimum absolute atomic E-state index is 0.0248. The van der Waals surface area contributed by atoms with Crippen LogP contribution in [0.3, 0.4) is 0 Å². The first-order valence-electron chi connectivity index (χ1n) is 24.7. The van der Waals surface area contributed by atoms with Gasteiger partial charge in [0.2, 0.25) is 0 Å². The summed E-state index contributed by atoms with van der Waals surface area (Å²) in [5, 5.41) is 79.7. The van der Waals surface area contributed by atoms with E-state index in [1.807, 2.05) is 6.92 Å². The summed E-state index contributed by atoms with van der Waals surface area (Å²) in [6, 6.07) is 0. The monoisotopic (exact) mass is 1040 g/mol. The van der Waals surface area contributed by atoms with Gasteiger partial charge in [-0.2, -0.15) is 0 Å². The predicted octanol–water partition coefficient (Wildman–Crippen LogP) is 6.00. The number of unbranched alkanes of at least 4 members (excludes halogenated alkanes) is 6. The number of phosphoric ester groups is 2. The molecule has 0 saturated heterocycles. The third kappa shape index (κ3) is 26.9. The lowest BCUT2D eigenvalue weighted by molar-refractivity contribution is -0.165. The zero-order valence-corrected chi connectivity index (χ0v) is 42.5. The molecule has 13 atom stereocenters. The molecule has 1 fully saturated rings. The fourth-order valence-electron chi connectivity index (χ4n) is 7.89. The molecule has 1 heterocycles. The lowest BCUT2D eigenvalue weighted by atomic mass is 9.83. The molecule has 2 bridgehead atoms. The molecular weight excluding hydrogens is 954 g/mol.